The number of Topliss-reactive ketones (excluding diaryl/α,β-unsaturated/α-hetero) is 1. The van der Waals surface area contributed by atoms with E-state index in [0.717, 1.165) is 0 Å². The summed E-state index contributed by atoms with van der Waals surface area (Å²) in [6.07, 6.45) is 1.32. The van der Waals surface area contributed by atoms with E-state index in [-0.39, 0.29) is 22.6 Å². The molecule has 4 atom stereocenters. The summed E-state index contributed by atoms with van der Waals surface area (Å²) >= 11 is 0. The first-order valence-electron chi connectivity index (χ1n) is 10.4. The van der Waals surface area contributed by atoms with Crippen molar-refractivity contribution < 1.29 is 33.4 Å². The highest BCUT2D eigenvalue weighted by molar-refractivity contribution is 6.11. The molecule has 1 aromatic heterocycles. The van der Waals surface area contributed by atoms with Crippen LogP contribution in [0.5, 0.6) is 17.2 Å². The molecule has 2 aliphatic rings. The molecule has 4 unspecified atom stereocenters. The Labute approximate surface area is 198 Å². The third-order valence-electron chi connectivity index (χ3n) is 6.80. The lowest BCUT2D eigenvalue weighted by molar-refractivity contribution is -0.122. The topological polar surface area (TPSA) is 199 Å². The Balaban J connectivity index is 2.03. The Morgan fingerprint density at radius 1 is 1.06 bits per heavy atom. The average Bonchev–Trinajstić information content (AvgIpc) is 3.49. The van der Waals surface area contributed by atoms with Gasteiger partial charge in [0.15, 0.2) is 17.1 Å². The van der Waals surface area contributed by atoms with Gasteiger partial charge in [0.05, 0.1) is 55.0 Å². The molecule has 0 spiro atoms. The van der Waals surface area contributed by atoms with Crippen LogP contribution in [0.15, 0.2) is 16.7 Å². The number of ether oxygens (including phenoxy) is 2. The number of rotatable bonds is 6. The van der Waals surface area contributed by atoms with Crippen LogP contribution >= 0.6 is 0 Å². The summed E-state index contributed by atoms with van der Waals surface area (Å²) in [7, 11) is 2.56. The first kappa shape index (κ1) is 23.8. The Hall–Kier alpha value is -4.33. The van der Waals surface area contributed by atoms with Gasteiger partial charge in [0.25, 0.3) is 11.8 Å². The molecular formula is C22H22N6O7. The summed E-state index contributed by atoms with van der Waals surface area (Å²) in [5, 5.41) is 31.0. The predicted molar refractivity (Wildman–Crippen MR) is 116 cm³/mol. The zero-order chi connectivity index (χ0) is 25.7. The molecular weight excluding hydrogens is 460 g/mol. The van der Waals surface area contributed by atoms with Gasteiger partial charge in [0, 0.05) is 0 Å². The number of methoxy groups -OCH3 is 2. The van der Waals surface area contributed by atoms with E-state index in [9.17, 15) is 30.0 Å². The summed E-state index contributed by atoms with van der Waals surface area (Å²) in [5.41, 5.74) is 6.67. The van der Waals surface area contributed by atoms with Gasteiger partial charge in [-0.15, -0.1) is 0 Å². The van der Waals surface area contributed by atoms with E-state index in [1.54, 1.807) is 0 Å². The molecule has 2 aliphatic heterocycles. The van der Waals surface area contributed by atoms with Crippen LogP contribution in [0.4, 0.5) is 0 Å². The van der Waals surface area contributed by atoms with Crippen LogP contribution in [0.1, 0.15) is 24.2 Å². The maximum atomic E-state index is 14.4. The van der Waals surface area contributed by atoms with Gasteiger partial charge in [0.2, 0.25) is 5.75 Å². The van der Waals surface area contributed by atoms with Crippen molar-refractivity contribution in [1.82, 2.24) is 21.7 Å². The fourth-order valence-electron chi connectivity index (χ4n) is 5.16. The normalized spacial score (nSPS) is 28.6. The number of phenolic OH excluding ortho intramolecular Hbond substituents is 1. The number of hydrazine groups is 2. The number of aromatic hydroxyl groups is 1. The van der Waals surface area contributed by atoms with E-state index in [1.165, 1.54) is 40.4 Å². The number of nitriles is 2. The Kier molecular flexibility index (Phi) is 5.55. The number of ketones is 1. The second kappa shape index (κ2) is 8.16. The average molecular weight is 482 g/mol. The number of phenols is 1. The lowest BCUT2D eigenvalue weighted by Gasteiger charge is -2.44. The van der Waals surface area contributed by atoms with Crippen LogP contribution in [0.3, 0.4) is 0 Å². The van der Waals surface area contributed by atoms with Crippen LogP contribution in [-0.4, -0.2) is 48.0 Å². The standard InChI is InChI=1S/C22H22N6O7/c1-21(10(7-23)19(31)25-27-21)18(22(2)11(8-24)20(32)26-28-22)14(30)12-13(29)17(34-4)16-9(5-6-35-16)15(12)33-3/h5-6,10-11,18,27-29H,1-4H3,(H,25,31)(H,26,32). The summed E-state index contributed by atoms with van der Waals surface area (Å²) < 4.78 is 16.2. The quantitative estimate of drug-likeness (QED) is 0.348. The number of hydrogen-bond acceptors (Lipinski definition) is 11. The Morgan fingerprint density at radius 3 is 2.03 bits per heavy atom. The number of hydrogen-bond donors (Lipinski definition) is 5. The van der Waals surface area contributed by atoms with Crippen LogP contribution < -0.4 is 31.2 Å². The Bertz CT molecular complexity index is 1290. The zero-order valence-electron chi connectivity index (χ0n) is 19.2. The van der Waals surface area contributed by atoms with Crippen molar-refractivity contribution >= 4 is 28.6 Å². The number of nitrogens with one attached hydrogen (secondary N) is 4. The lowest BCUT2D eigenvalue weighted by Crippen LogP contribution is -2.66. The molecule has 2 saturated heterocycles. The smallest absolute Gasteiger partial charge is 0.253 e. The third-order valence-corrected chi connectivity index (χ3v) is 6.80. The predicted octanol–water partition coefficient (Wildman–Crippen LogP) is 0.0203. The van der Waals surface area contributed by atoms with Crippen LogP contribution in [0, 0.1) is 40.4 Å². The summed E-state index contributed by atoms with van der Waals surface area (Å²) in [6.45, 7) is 2.89. The fraction of sp³-hybridized carbons (Fsp3) is 0.409. The highest BCUT2D eigenvalue weighted by Crippen LogP contribution is 2.50. The molecule has 13 heteroatoms. The SMILES string of the molecule is COc1c(C(=O)C(C2(C)NNC(=O)C2C#N)C2(C)NNC(=O)C2C#N)c(O)c(OC)c2occc12. The minimum absolute atomic E-state index is 0.0502. The van der Waals surface area contributed by atoms with E-state index >= 15 is 0 Å². The van der Waals surface area contributed by atoms with Crippen molar-refractivity contribution in [3.8, 4) is 29.4 Å². The molecule has 35 heavy (non-hydrogen) atoms. The molecule has 13 nitrogen and oxygen atoms in total. The van der Waals surface area contributed by atoms with Crippen molar-refractivity contribution in [2.24, 2.45) is 17.8 Å². The van der Waals surface area contributed by atoms with Crippen molar-refractivity contribution in [2.45, 2.75) is 24.9 Å². The fourth-order valence-corrected chi connectivity index (χ4v) is 5.16. The number of fused-ring (bicyclic) bond motifs is 1. The van der Waals surface area contributed by atoms with Gasteiger partial charge >= 0.3 is 0 Å². The first-order chi connectivity index (χ1) is 16.6. The molecule has 4 rings (SSSR count). The van der Waals surface area contributed by atoms with E-state index in [4.69, 9.17) is 13.9 Å². The minimum Gasteiger partial charge on any atom is -0.504 e. The van der Waals surface area contributed by atoms with E-state index in [2.05, 4.69) is 21.7 Å². The first-order valence-corrected chi connectivity index (χ1v) is 10.4. The van der Waals surface area contributed by atoms with Gasteiger partial charge in [0.1, 0.15) is 23.1 Å². The van der Waals surface area contributed by atoms with Gasteiger partial charge in [-0.05, 0) is 19.9 Å². The number of amides is 2. The van der Waals surface area contributed by atoms with Crippen molar-refractivity contribution in [2.75, 3.05) is 14.2 Å². The second-order valence-corrected chi connectivity index (χ2v) is 8.67. The van der Waals surface area contributed by atoms with E-state index in [0.29, 0.717) is 5.39 Å². The van der Waals surface area contributed by atoms with Gasteiger partial charge < -0.3 is 19.0 Å². The van der Waals surface area contributed by atoms with Crippen LogP contribution in [0.25, 0.3) is 11.0 Å². The highest BCUT2D eigenvalue weighted by atomic mass is 16.5. The molecule has 0 saturated carbocycles. The third kappa shape index (κ3) is 3.10. The van der Waals surface area contributed by atoms with E-state index in [1.807, 2.05) is 12.1 Å². The molecule has 0 radical (unpaired) electrons. The highest BCUT2D eigenvalue weighted by Gasteiger charge is 2.64. The molecule has 5 N–H and O–H groups in total. The maximum absolute atomic E-state index is 14.4. The van der Waals surface area contributed by atoms with Gasteiger partial charge in [-0.25, -0.2) is 10.9 Å². The second-order valence-electron chi connectivity index (χ2n) is 8.67. The lowest BCUT2D eigenvalue weighted by atomic mass is 9.61. The minimum atomic E-state index is -1.64. The summed E-state index contributed by atoms with van der Waals surface area (Å²) in [6, 6.07) is 5.29. The largest absolute Gasteiger partial charge is 0.504 e. The number of carbonyl (C=O) groups excluding carboxylic acids is 3. The molecule has 1 aromatic carbocycles. The van der Waals surface area contributed by atoms with Crippen LogP contribution in [-0.2, 0) is 9.59 Å². The monoisotopic (exact) mass is 482 g/mol. The number of benzene rings is 1. The van der Waals surface area contributed by atoms with Crippen LogP contribution in [0.2, 0.25) is 0 Å². The van der Waals surface area contributed by atoms with Gasteiger partial charge in [-0.2, -0.15) is 10.5 Å². The number of furan rings is 1. The van der Waals surface area contributed by atoms with E-state index < -0.39 is 52.2 Å². The maximum Gasteiger partial charge on any atom is 0.253 e. The molecule has 0 aliphatic carbocycles. The van der Waals surface area contributed by atoms with Gasteiger partial charge in [-0.1, -0.05) is 0 Å². The van der Waals surface area contributed by atoms with Crippen molar-refractivity contribution in [1.29, 1.82) is 10.5 Å². The number of carbonyl (C=O) groups is 3. The molecule has 3 heterocycles. The van der Waals surface area contributed by atoms with Gasteiger partial charge in [-0.3, -0.25) is 25.2 Å². The van der Waals surface area contributed by atoms with Crippen molar-refractivity contribution in [3.05, 3.63) is 17.9 Å². The molecule has 2 fully saturated rings. The summed E-state index contributed by atoms with van der Waals surface area (Å²) in [5.74, 6) is -7.25. The molecule has 2 amide bonds. The summed E-state index contributed by atoms with van der Waals surface area (Å²) in [4.78, 5) is 39.3. The van der Waals surface area contributed by atoms with Crippen molar-refractivity contribution in [3.63, 3.8) is 0 Å². The molecule has 2 aromatic rings. The molecule has 0 bridgehead atoms. The Morgan fingerprint density at radius 2 is 1.57 bits per heavy atom. The number of nitrogens with zero attached hydrogens (tertiary/aromatic N) is 2. The molecule has 182 valence electrons. The zero-order valence-corrected chi connectivity index (χ0v) is 19.2.